The van der Waals surface area contributed by atoms with E-state index in [1.165, 1.54) is 6.42 Å². The molecule has 1 N–H and O–H groups in total. The molecule has 0 bridgehead atoms. The third-order valence-corrected chi connectivity index (χ3v) is 4.21. The lowest BCUT2D eigenvalue weighted by Crippen LogP contribution is -2.49. The molecule has 106 valence electrons. The van der Waals surface area contributed by atoms with Crippen LogP contribution < -0.4 is 5.32 Å². The van der Waals surface area contributed by atoms with Crippen LogP contribution in [0.4, 0.5) is 0 Å². The van der Waals surface area contributed by atoms with Gasteiger partial charge in [-0.1, -0.05) is 19.3 Å². The van der Waals surface area contributed by atoms with Crippen LogP contribution in [0.25, 0.3) is 0 Å². The average molecular weight is 272 g/mol. The smallest absolute Gasteiger partial charge is 0.246 e. The molecule has 0 atom stereocenters. The molecule has 1 fully saturated rings. The van der Waals surface area contributed by atoms with Gasteiger partial charge in [-0.3, -0.25) is 4.79 Å². The van der Waals surface area contributed by atoms with Crippen molar-refractivity contribution >= 4 is 5.91 Å². The Bertz CT molecular complexity index is 537. The quantitative estimate of drug-likeness (QED) is 0.929. The van der Waals surface area contributed by atoms with Crippen LogP contribution in [0.5, 0.6) is 0 Å². The zero-order valence-electron chi connectivity index (χ0n) is 11.5. The predicted octanol–water partition coefficient (Wildman–Crippen LogP) is 3.06. The Balaban J connectivity index is 1.77. The van der Waals surface area contributed by atoms with Gasteiger partial charge in [-0.2, -0.15) is 0 Å². The Labute approximate surface area is 118 Å². The van der Waals surface area contributed by atoms with Crippen LogP contribution in [-0.2, 0) is 16.9 Å². The van der Waals surface area contributed by atoms with Crippen molar-refractivity contribution in [3.05, 3.63) is 48.7 Å². The molecule has 1 amide bonds. The summed E-state index contributed by atoms with van der Waals surface area (Å²) in [5, 5.41) is 3.03. The number of carbonyl (C=O) groups excluding carboxylic acids is 1. The SMILES string of the molecule is O=C(NCc1ccco1)C1(n2cccc2)CCCCC1. The molecule has 20 heavy (non-hydrogen) atoms. The number of nitrogens with zero attached hydrogens (tertiary/aromatic N) is 1. The van der Waals surface area contributed by atoms with Gasteiger partial charge < -0.3 is 14.3 Å². The van der Waals surface area contributed by atoms with Gasteiger partial charge in [-0.15, -0.1) is 0 Å². The second-order valence-corrected chi connectivity index (χ2v) is 5.44. The third-order valence-electron chi connectivity index (χ3n) is 4.21. The molecule has 4 nitrogen and oxygen atoms in total. The summed E-state index contributed by atoms with van der Waals surface area (Å²) in [5.41, 5.74) is -0.422. The van der Waals surface area contributed by atoms with Gasteiger partial charge in [0.25, 0.3) is 0 Å². The van der Waals surface area contributed by atoms with Crippen molar-refractivity contribution in [1.29, 1.82) is 0 Å². The maximum Gasteiger partial charge on any atom is 0.246 e. The fraction of sp³-hybridized carbons (Fsp3) is 0.438. The van der Waals surface area contributed by atoms with Crippen LogP contribution in [0.2, 0.25) is 0 Å². The second kappa shape index (κ2) is 5.57. The van der Waals surface area contributed by atoms with Gasteiger partial charge in [0.15, 0.2) is 0 Å². The van der Waals surface area contributed by atoms with Crippen molar-refractivity contribution in [2.24, 2.45) is 0 Å². The van der Waals surface area contributed by atoms with Gasteiger partial charge in [-0.05, 0) is 37.1 Å². The van der Waals surface area contributed by atoms with E-state index in [1.54, 1.807) is 6.26 Å². The predicted molar refractivity (Wildman–Crippen MR) is 76.0 cm³/mol. The Kier molecular flexibility index (Phi) is 3.63. The first kappa shape index (κ1) is 13.0. The highest BCUT2D eigenvalue weighted by molar-refractivity contribution is 5.84. The molecule has 0 unspecified atom stereocenters. The maximum atomic E-state index is 12.7. The molecule has 0 radical (unpaired) electrons. The number of furan rings is 1. The van der Waals surface area contributed by atoms with E-state index < -0.39 is 5.54 Å². The molecule has 1 aliphatic carbocycles. The molecule has 1 aliphatic rings. The summed E-state index contributed by atoms with van der Waals surface area (Å²) in [6.07, 6.45) is 10.9. The molecule has 2 aromatic heterocycles. The van der Waals surface area contributed by atoms with E-state index in [0.29, 0.717) is 6.54 Å². The average Bonchev–Trinajstić information content (AvgIpc) is 3.18. The lowest BCUT2D eigenvalue weighted by molar-refractivity contribution is -0.132. The number of carbonyl (C=O) groups is 1. The highest BCUT2D eigenvalue weighted by atomic mass is 16.3. The minimum Gasteiger partial charge on any atom is -0.467 e. The van der Waals surface area contributed by atoms with E-state index in [9.17, 15) is 4.79 Å². The highest BCUT2D eigenvalue weighted by Crippen LogP contribution is 2.35. The van der Waals surface area contributed by atoms with E-state index in [-0.39, 0.29) is 5.91 Å². The fourth-order valence-corrected chi connectivity index (χ4v) is 3.10. The van der Waals surface area contributed by atoms with Crippen LogP contribution in [-0.4, -0.2) is 10.5 Å². The van der Waals surface area contributed by atoms with Crippen LogP contribution >= 0.6 is 0 Å². The Hall–Kier alpha value is -1.97. The van der Waals surface area contributed by atoms with Crippen molar-refractivity contribution in [3.63, 3.8) is 0 Å². The first-order valence-corrected chi connectivity index (χ1v) is 7.25. The highest BCUT2D eigenvalue weighted by Gasteiger charge is 2.40. The van der Waals surface area contributed by atoms with Crippen molar-refractivity contribution in [2.75, 3.05) is 0 Å². The monoisotopic (exact) mass is 272 g/mol. The molecule has 3 rings (SSSR count). The first-order valence-electron chi connectivity index (χ1n) is 7.25. The lowest BCUT2D eigenvalue weighted by Gasteiger charge is -2.37. The van der Waals surface area contributed by atoms with E-state index in [2.05, 4.69) is 9.88 Å². The van der Waals surface area contributed by atoms with Gasteiger partial charge in [0, 0.05) is 12.4 Å². The van der Waals surface area contributed by atoms with Crippen molar-refractivity contribution < 1.29 is 9.21 Å². The molecular formula is C16H20N2O2. The largest absolute Gasteiger partial charge is 0.467 e. The summed E-state index contributed by atoms with van der Waals surface area (Å²) in [6.45, 7) is 0.453. The topological polar surface area (TPSA) is 47.2 Å². The number of nitrogens with one attached hydrogen (secondary N) is 1. The van der Waals surface area contributed by atoms with Crippen LogP contribution in [0.1, 0.15) is 37.9 Å². The zero-order chi connectivity index (χ0) is 13.8. The Morgan fingerprint density at radius 1 is 1.20 bits per heavy atom. The molecule has 1 saturated carbocycles. The van der Waals surface area contributed by atoms with E-state index in [0.717, 1.165) is 31.4 Å². The van der Waals surface area contributed by atoms with Crippen molar-refractivity contribution in [3.8, 4) is 0 Å². The van der Waals surface area contributed by atoms with E-state index in [4.69, 9.17) is 4.42 Å². The minimum atomic E-state index is -0.422. The molecule has 2 heterocycles. The van der Waals surface area contributed by atoms with Gasteiger partial charge in [-0.25, -0.2) is 0 Å². The number of amides is 1. The molecule has 4 heteroatoms. The van der Waals surface area contributed by atoms with E-state index in [1.807, 2.05) is 36.7 Å². The van der Waals surface area contributed by atoms with Crippen molar-refractivity contribution in [2.45, 2.75) is 44.2 Å². The standard InChI is InChI=1S/C16H20N2O2/c19-15(17-13-14-7-6-12-20-14)16(8-2-1-3-9-16)18-10-4-5-11-18/h4-7,10-12H,1-3,8-9,13H2,(H,17,19). The Morgan fingerprint density at radius 2 is 1.95 bits per heavy atom. The van der Waals surface area contributed by atoms with Crippen molar-refractivity contribution in [1.82, 2.24) is 9.88 Å². The summed E-state index contributed by atoms with van der Waals surface area (Å²) in [4.78, 5) is 12.7. The summed E-state index contributed by atoms with van der Waals surface area (Å²) in [6, 6.07) is 7.68. The first-order chi connectivity index (χ1) is 9.81. The molecule has 0 saturated heterocycles. The number of rotatable bonds is 4. The summed E-state index contributed by atoms with van der Waals surface area (Å²) in [7, 11) is 0. The van der Waals surface area contributed by atoms with Gasteiger partial charge in [0.05, 0.1) is 12.8 Å². The lowest BCUT2D eigenvalue weighted by atomic mass is 9.80. The van der Waals surface area contributed by atoms with Crippen LogP contribution in [0, 0.1) is 0 Å². The Morgan fingerprint density at radius 3 is 2.60 bits per heavy atom. The normalized spacial score (nSPS) is 17.8. The number of aromatic nitrogens is 1. The van der Waals surface area contributed by atoms with Gasteiger partial charge >= 0.3 is 0 Å². The van der Waals surface area contributed by atoms with Crippen LogP contribution in [0.15, 0.2) is 47.3 Å². The maximum absolute atomic E-state index is 12.7. The third kappa shape index (κ3) is 2.38. The number of hydrogen-bond donors (Lipinski definition) is 1. The second-order valence-electron chi connectivity index (χ2n) is 5.44. The summed E-state index contributed by atoms with van der Waals surface area (Å²) < 4.78 is 7.35. The summed E-state index contributed by atoms with van der Waals surface area (Å²) in [5.74, 6) is 0.890. The van der Waals surface area contributed by atoms with Gasteiger partial charge in [0.1, 0.15) is 11.3 Å². The van der Waals surface area contributed by atoms with Crippen LogP contribution in [0.3, 0.4) is 0 Å². The fourth-order valence-electron chi connectivity index (χ4n) is 3.10. The van der Waals surface area contributed by atoms with Gasteiger partial charge in [0.2, 0.25) is 5.91 Å². The molecule has 0 aromatic carbocycles. The number of hydrogen-bond acceptors (Lipinski definition) is 2. The zero-order valence-corrected chi connectivity index (χ0v) is 11.5. The summed E-state index contributed by atoms with van der Waals surface area (Å²) >= 11 is 0. The minimum absolute atomic E-state index is 0.102. The molecule has 0 aliphatic heterocycles. The molecule has 0 spiro atoms. The molecular weight excluding hydrogens is 252 g/mol. The van der Waals surface area contributed by atoms with E-state index >= 15 is 0 Å². The molecule has 2 aromatic rings.